The molecule has 1 aromatic carbocycles. The number of hydrogen-bond donors (Lipinski definition) is 1. The summed E-state index contributed by atoms with van der Waals surface area (Å²) >= 11 is 1.75. The van der Waals surface area contributed by atoms with Crippen molar-refractivity contribution in [2.75, 3.05) is 13.1 Å². The first kappa shape index (κ1) is 14.2. The minimum Gasteiger partial charge on any atom is -0.317 e. The van der Waals surface area contributed by atoms with Gasteiger partial charge in [-0.15, -0.1) is 11.3 Å². The Labute approximate surface area is 119 Å². The minimum atomic E-state index is 0.615. The van der Waals surface area contributed by atoms with Crippen LogP contribution < -0.4 is 5.32 Å². The molecule has 0 amide bonds. The van der Waals surface area contributed by atoms with Crippen molar-refractivity contribution in [2.24, 2.45) is 5.92 Å². The molecular formula is C16H22N2S. The number of nitrogens with one attached hydrogen (secondary N) is 1. The SMILES string of the molecule is CCNCC(Cc1ccccc1)Cc1csc(C)n1. The molecule has 0 fully saturated rings. The van der Waals surface area contributed by atoms with Gasteiger partial charge in [0.2, 0.25) is 0 Å². The van der Waals surface area contributed by atoms with Crippen molar-refractivity contribution < 1.29 is 0 Å². The van der Waals surface area contributed by atoms with Crippen molar-refractivity contribution in [1.82, 2.24) is 10.3 Å². The van der Waals surface area contributed by atoms with Crippen LogP contribution in [0.15, 0.2) is 35.7 Å². The van der Waals surface area contributed by atoms with Gasteiger partial charge in [0.15, 0.2) is 0 Å². The Morgan fingerprint density at radius 1 is 1.21 bits per heavy atom. The maximum atomic E-state index is 4.59. The third-order valence-corrected chi connectivity index (χ3v) is 4.04. The van der Waals surface area contributed by atoms with Gasteiger partial charge in [0, 0.05) is 5.38 Å². The number of benzene rings is 1. The van der Waals surface area contributed by atoms with Crippen LogP contribution >= 0.6 is 11.3 Å². The predicted octanol–water partition coefficient (Wildman–Crippen LogP) is 3.46. The van der Waals surface area contributed by atoms with E-state index in [2.05, 4.69) is 59.9 Å². The van der Waals surface area contributed by atoms with Gasteiger partial charge < -0.3 is 5.32 Å². The largest absolute Gasteiger partial charge is 0.317 e. The molecule has 2 aromatic rings. The van der Waals surface area contributed by atoms with Crippen LogP contribution in [-0.4, -0.2) is 18.1 Å². The quantitative estimate of drug-likeness (QED) is 0.836. The molecule has 0 aliphatic carbocycles. The van der Waals surface area contributed by atoms with Gasteiger partial charge in [-0.1, -0.05) is 37.3 Å². The van der Waals surface area contributed by atoms with Crippen molar-refractivity contribution in [3.8, 4) is 0 Å². The number of rotatable bonds is 7. The minimum absolute atomic E-state index is 0.615. The molecule has 0 spiro atoms. The van der Waals surface area contributed by atoms with Gasteiger partial charge >= 0.3 is 0 Å². The summed E-state index contributed by atoms with van der Waals surface area (Å²) < 4.78 is 0. The van der Waals surface area contributed by atoms with Gasteiger partial charge in [-0.3, -0.25) is 0 Å². The zero-order valence-corrected chi connectivity index (χ0v) is 12.5. The van der Waals surface area contributed by atoms with E-state index >= 15 is 0 Å². The van der Waals surface area contributed by atoms with Crippen LogP contribution in [0, 0.1) is 12.8 Å². The summed E-state index contributed by atoms with van der Waals surface area (Å²) in [7, 11) is 0. The smallest absolute Gasteiger partial charge is 0.0897 e. The Bertz CT molecular complexity index is 479. The average molecular weight is 274 g/mol. The zero-order valence-electron chi connectivity index (χ0n) is 11.7. The van der Waals surface area contributed by atoms with Crippen molar-refractivity contribution >= 4 is 11.3 Å². The van der Waals surface area contributed by atoms with Crippen LogP contribution in [-0.2, 0) is 12.8 Å². The molecular weight excluding hydrogens is 252 g/mol. The molecule has 0 aliphatic heterocycles. The highest BCUT2D eigenvalue weighted by Gasteiger charge is 2.12. The van der Waals surface area contributed by atoms with Crippen molar-refractivity contribution in [3.63, 3.8) is 0 Å². The summed E-state index contributed by atoms with van der Waals surface area (Å²) in [5.41, 5.74) is 2.65. The van der Waals surface area contributed by atoms with E-state index in [1.807, 2.05) is 0 Å². The highest BCUT2D eigenvalue weighted by atomic mass is 32.1. The Morgan fingerprint density at radius 2 is 2.00 bits per heavy atom. The van der Waals surface area contributed by atoms with Gasteiger partial charge in [-0.05, 0) is 44.3 Å². The molecule has 0 saturated heterocycles. The second kappa shape index (κ2) is 7.41. The molecule has 3 heteroatoms. The molecule has 19 heavy (non-hydrogen) atoms. The van der Waals surface area contributed by atoms with Crippen LogP contribution in [0.1, 0.15) is 23.2 Å². The van der Waals surface area contributed by atoms with Crippen molar-refractivity contribution in [3.05, 3.63) is 52.0 Å². The third-order valence-electron chi connectivity index (χ3n) is 3.21. The third kappa shape index (κ3) is 4.77. The van der Waals surface area contributed by atoms with Gasteiger partial charge in [0.1, 0.15) is 0 Å². The lowest BCUT2D eigenvalue weighted by atomic mass is 9.95. The molecule has 2 rings (SSSR count). The first-order valence-corrected chi connectivity index (χ1v) is 7.81. The zero-order chi connectivity index (χ0) is 13.5. The Hall–Kier alpha value is -1.19. The second-order valence-electron chi connectivity index (χ2n) is 4.93. The average Bonchev–Trinajstić information content (AvgIpc) is 2.82. The van der Waals surface area contributed by atoms with E-state index in [-0.39, 0.29) is 0 Å². The fourth-order valence-electron chi connectivity index (χ4n) is 2.31. The van der Waals surface area contributed by atoms with E-state index in [9.17, 15) is 0 Å². The topological polar surface area (TPSA) is 24.9 Å². The molecule has 1 heterocycles. The summed E-state index contributed by atoms with van der Waals surface area (Å²) in [4.78, 5) is 4.59. The lowest BCUT2D eigenvalue weighted by Gasteiger charge is -2.16. The first-order chi connectivity index (χ1) is 9.28. The molecule has 1 atom stereocenters. The fourth-order valence-corrected chi connectivity index (χ4v) is 2.94. The summed E-state index contributed by atoms with van der Waals surface area (Å²) in [6.07, 6.45) is 2.18. The fraction of sp³-hybridized carbons (Fsp3) is 0.438. The van der Waals surface area contributed by atoms with E-state index in [0.717, 1.165) is 30.9 Å². The summed E-state index contributed by atoms with van der Waals surface area (Å²) in [5, 5.41) is 6.83. The standard InChI is InChI=1S/C16H22N2S/c1-3-17-11-15(9-14-7-5-4-6-8-14)10-16-12-19-13(2)18-16/h4-8,12,15,17H,3,9-11H2,1-2H3. The first-order valence-electron chi connectivity index (χ1n) is 6.93. The molecule has 0 bridgehead atoms. The number of aromatic nitrogens is 1. The van der Waals surface area contributed by atoms with E-state index < -0.39 is 0 Å². The van der Waals surface area contributed by atoms with E-state index in [0.29, 0.717) is 5.92 Å². The molecule has 2 nitrogen and oxygen atoms in total. The van der Waals surface area contributed by atoms with Gasteiger partial charge in [-0.2, -0.15) is 0 Å². The van der Waals surface area contributed by atoms with Crippen LogP contribution in [0.2, 0.25) is 0 Å². The predicted molar refractivity (Wildman–Crippen MR) is 82.7 cm³/mol. The lowest BCUT2D eigenvalue weighted by Crippen LogP contribution is -2.25. The highest BCUT2D eigenvalue weighted by Crippen LogP contribution is 2.16. The molecule has 0 saturated carbocycles. The van der Waals surface area contributed by atoms with Crippen molar-refractivity contribution in [1.29, 1.82) is 0 Å². The highest BCUT2D eigenvalue weighted by molar-refractivity contribution is 7.09. The molecule has 1 N–H and O–H groups in total. The Kier molecular flexibility index (Phi) is 5.55. The maximum Gasteiger partial charge on any atom is 0.0897 e. The Balaban J connectivity index is 1.99. The van der Waals surface area contributed by atoms with E-state index in [4.69, 9.17) is 0 Å². The van der Waals surface area contributed by atoms with E-state index in [1.54, 1.807) is 11.3 Å². The maximum absolute atomic E-state index is 4.59. The summed E-state index contributed by atoms with van der Waals surface area (Å²) in [6.45, 7) is 6.32. The monoisotopic (exact) mass is 274 g/mol. The van der Waals surface area contributed by atoms with E-state index in [1.165, 1.54) is 11.3 Å². The number of nitrogens with zero attached hydrogens (tertiary/aromatic N) is 1. The van der Waals surface area contributed by atoms with Gasteiger partial charge in [0.25, 0.3) is 0 Å². The summed E-state index contributed by atoms with van der Waals surface area (Å²) in [5.74, 6) is 0.615. The Morgan fingerprint density at radius 3 is 2.63 bits per heavy atom. The molecule has 1 unspecified atom stereocenters. The molecule has 1 aromatic heterocycles. The number of thiazole rings is 1. The normalized spacial score (nSPS) is 12.5. The van der Waals surface area contributed by atoms with Crippen LogP contribution in [0.4, 0.5) is 0 Å². The van der Waals surface area contributed by atoms with Crippen LogP contribution in [0.3, 0.4) is 0 Å². The van der Waals surface area contributed by atoms with Crippen LogP contribution in [0.5, 0.6) is 0 Å². The number of aryl methyl sites for hydroxylation is 1. The van der Waals surface area contributed by atoms with Crippen LogP contribution in [0.25, 0.3) is 0 Å². The lowest BCUT2D eigenvalue weighted by molar-refractivity contribution is 0.474. The molecule has 0 aliphatic rings. The second-order valence-corrected chi connectivity index (χ2v) is 5.99. The molecule has 102 valence electrons. The number of hydrogen-bond acceptors (Lipinski definition) is 3. The van der Waals surface area contributed by atoms with Gasteiger partial charge in [-0.25, -0.2) is 4.98 Å². The van der Waals surface area contributed by atoms with Crippen molar-refractivity contribution in [2.45, 2.75) is 26.7 Å². The molecule has 0 radical (unpaired) electrons. The van der Waals surface area contributed by atoms with Gasteiger partial charge in [0.05, 0.1) is 10.7 Å². The summed E-state index contributed by atoms with van der Waals surface area (Å²) in [6, 6.07) is 10.7.